The molecule has 0 bridgehead atoms. The molecule has 1 fully saturated rings. The van der Waals surface area contributed by atoms with Gasteiger partial charge < -0.3 is 4.90 Å². The molecule has 4 rings (SSSR count). The van der Waals surface area contributed by atoms with Gasteiger partial charge in [-0.05, 0) is 57.5 Å². The first-order chi connectivity index (χ1) is 15.4. The topological polar surface area (TPSA) is 50.5 Å². The molecule has 0 spiro atoms. The SMILES string of the molecule is CCN(CC)c1ccc([C@@H]2S[C@H](C)C(=O)N2c2c(C)n(C)n(-c3ccccc3)c2=O)cc1. The van der Waals surface area contributed by atoms with Crippen molar-refractivity contribution in [2.24, 2.45) is 7.05 Å². The summed E-state index contributed by atoms with van der Waals surface area (Å²) in [6.07, 6.45) is 0. The fourth-order valence-corrected chi connectivity index (χ4v) is 5.61. The van der Waals surface area contributed by atoms with Crippen LogP contribution in [-0.2, 0) is 11.8 Å². The zero-order valence-electron chi connectivity index (χ0n) is 19.3. The van der Waals surface area contributed by atoms with Crippen LogP contribution >= 0.6 is 11.8 Å². The number of benzene rings is 2. The lowest BCUT2D eigenvalue weighted by atomic mass is 10.1. The molecule has 1 saturated heterocycles. The van der Waals surface area contributed by atoms with Crippen LogP contribution in [0.4, 0.5) is 11.4 Å². The van der Waals surface area contributed by atoms with E-state index in [0.717, 1.165) is 35.7 Å². The highest BCUT2D eigenvalue weighted by molar-refractivity contribution is 8.01. The van der Waals surface area contributed by atoms with E-state index in [-0.39, 0.29) is 22.1 Å². The minimum Gasteiger partial charge on any atom is -0.372 e. The maximum Gasteiger partial charge on any atom is 0.295 e. The van der Waals surface area contributed by atoms with Gasteiger partial charge in [-0.3, -0.25) is 19.2 Å². The van der Waals surface area contributed by atoms with Crippen LogP contribution in [0.25, 0.3) is 5.69 Å². The normalized spacial score (nSPS) is 18.4. The first kappa shape index (κ1) is 22.3. The Morgan fingerprint density at radius 3 is 2.19 bits per heavy atom. The van der Waals surface area contributed by atoms with Crippen LogP contribution < -0.4 is 15.4 Å². The largest absolute Gasteiger partial charge is 0.372 e. The van der Waals surface area contributed by atoms with Crippen LogP contribution in [0.3, 0.4) is 0 Å². The van der Waals surface area contributed by atoms with Gasteiger partial charge in [-0.2, -0.15) is 0 Å². The van der Waals surface area contributed by atoms with Crippen molar-refractivity contribution < 1.29 is 4.79 Å². The fourth-order valence-electron chi connectivity index (χ4n) is 4.35. The predicted molar refractivity (Wildman–Crippen MR) is 133 cm³/mol. The molecular formula is C25H30N4O2S. The number of carbonyl (C=O) groups is 1. The van der Waals surface area contributed by atoms with E-state index >= 15 is 0 Å². The van der Waals surface area contributed by atoms with Gasteiger partial charge in [0, 0.05) is 25.8 Å². The molecular weight excluding hydrogens is 420 g/mol. The van der Waals surface area contributed by atoms with Crippen molar-refractivity contribution in [3.05, 3.63) is 76.2 Å². The summed E-state index contributed by atoms with van der Waals surface area (Å²) in [6, 6.07) is 17.9. The van der Waals surface area contributed by atoms with Crippen molar-refractivity contribution in [3.63, 3.8) is 0 Å². The van der Waals surface area contributed by atoms with E-state index in [1.807, 2.05) is 55.9 Å². The number of aromatic nitrogens is 2. The molecule has 1 aliphatic rings. The highest BCUT2D eigenvalue weighted by atomic mass is 32.2. The maximum atomic E-state index is 13.6. The monoisotopic (exact) mass is 450 g/mol. The number of amides is 1. The van der Waals surface area contributed by atoms with Crippen LogP contribution in [0.5, 0.6) is 0 Å². The molecule has 6 nitrogen and oxygen atoms in total. The van der Waals surface area contributed by atoms with Crippen molar-refractivity contribution in [3.8, 4) is 5.69 Å². The Morgan fingerprint density at radius 2 is 1.59 bits per heavy atom. The summed E-state index contributed by atoms with van der Waals surface area (Å²) >= 11 is 1.59. The van der Waals surface area contributed by atoms with E-state index in [1.54, 1.807) is 21.3 Å². The van der Waals surface area contributed by atoms with Crippen LogP contribution in [0, 0.1) is 6.92 Å². The molecule has 32 heavy (non-hydrogen) atoms. The van der Waals surface area contributed by atoms with E-state index in [0.29, 0.717) is 5.69 Å². The molecule has 2 atom stereocenters. The van der Waals surface area contributed by atoms with Gasteiger partial charge in [0.05, 0.1) is 16.6 Å². The number of rotatable bonds is 6. The van der Waals surface area contributed by atoms with Crippen LogP contribution in [0.15, 0.2) is 59.4 Å². The maximum absolute atomic E-state index is 13.6. The van der Waals surface area contributed by atoms with E-state index in [2.05, 4.69) is 43.0 Å². The molecule has 1 aromatic heterocycles. The summed E-state index contributed by atoms with van der Waals surface area (Å²) in [7, 11) is 1.86. The van der Waals surface area contributed by atoms with Crippen LogP contribution in [-0.4, -0.2) is 33.6 Å². The van der Waals surface area contributed by atoms with E-state index in [9.17, 15) is 9.59 Å². The first-order valence-corrected chi connectivity index (χ1v) is 12.0. The molecule has 1 amide bonds. The molecule has 0 aliphatic carbocycles. The van der Waals surface area contributed by atoms with Gasteiger partial charge in [0.15, 0.2) is 0 Å². The fraction of sp³-hybridized carbons (Fsp3) is 0.360. The molecule has 7 heteroatoms. The van der Waals surface area contributed by atoms with Crippen LogP contribution in [0.2, 0.25) is 0 Å². The number of anilines is 2. The zero-order valence-corrected chi connectivity index (χ0v) is 20.1. The number of para-hydroxylation sites is 1. The molecule has 168 valence electrons. The second-order valence-corrected chi connectivity index (χ2v) is 9.44. The Hall–Kier alpha value is -2.93. The average Bonchev–Trinajstić information content (AvgIpc) is 3.21. The Balaban J connectivity index is 1.79. The Bertz CT molecular complexity index is 1160. The van der Waals surface area contributed by atoms with Gasteiger partial charge in [0.1, 0.15) is 11.1 Å². The molecule has 2 heterocycles. The number of hydrogen-bond donors (Lipinski definition) is 0. The molecule has 0 saturated carbocycles. The number of carbonyl (C=O) groups excluding carboxylic acids is 1. The summed E-state index contributed by atoms with van der Waals surface area (Å²) in [5.74, 6) is -0.0289. The molecule has 3 aromatic rings. The van der Waals surface area contributed by atoms with Gasteiger partial charge in [-0.25, -0.2) is 4.68 Å². The van der Waals surface area contributed by atoms with Crippen molar-refractivity contribution >= 4 is 29.0 Å². The van der Waals surface area contributed by atoms with Gasteiger partial charge in [0.2, 0.25) is 5.91 Å². The smallest absolute Gasteiger partial charge is 0.295 e. The lowest BCUT2D eigenvalue weighted by molar-refractivity contribution is -0.117. The third kappa shape index (κ3) is 3.64. The predicted octanol–water partition coefficient (Wildman–Crippen LogP) is 4.50. The minimum atomic E-state index is -0.235. The van der Waals surface area contributed by atoms with Crippen molar-refractivity contribution in [2.45, 2.75) is 38.3 Å². The molecule has 1 aliphatic heterocycles. The Labute approximate surface area is 193 Å². The Kier molecular flexibility index (Phi) is 6.20. The molecule has 0 radical (unpaired) electrons. The summed E-state index contributed by atoms with van der Waals surface area (Å²) in [6.45, 7) is 9.98. The summed E-state index contributed by atoms with van der Waals surface area (Å²) in [5, 5.41) is -0.451. The third-order valence-corrected chi connectivity index (χ3v) is 7.57. The molecule has 0 unspecified atom stereocenters. The van der Waals surface area contributed by atoms with E-state index in [4.69, 9.17) is 0 Å². The summed E-state index contributed by atoms with van der Waals surface area (Å²) < 4.78 is 3.46. The molecule has 0 N–H and O–H groups in total. The Morgan fingerprint density at radius 1 is 0.969 bits per heavy atom. The van der Waals surface area contributed by atoms with Gasteiger partial charge in [-0.1, -0.05) is 30.3 Å². The number of hydrogen-bond acceptors (Lipinski definition) is 4. The van der Waals surface area contributed by atoms with Gasteiger partial charge in [-0.15, -0.1) is 11.8 Å². The molecule has 2 aromatic carbocycles. The summed E-state index contributed by atoms with van der Waals surface area (Å²) in [4.78, 5) is 30.8. The van der Waals surface area contributed by atoms with Gasteiger partial charge >= 0.3 is 0 Å². The minimum absolute atomic E-state index is 0.0289. The van der Waals surface area contributed by atoms with Crippen LogP contribution in [0.1, 0.15) is 37.4 Å². The summed E-state index contributed by atoms with van der Waals surface area (Å²) in [5.41, 5.74) is 4.01. The highest BCUT2D eigenvalue weighted by Crippen LogP contribution is 2.45. The van der Waals surface area contributed by atoms with Crippen molar-refractivity contribution in [1.29, 1.82) is 0 Å². The lowest BCUT2D eigenvalue weighted by Gasteiger charge is -2.25. The average molecular weight is 451 g/mol. The number of thioether (sulfide) groups is 1. The van der Waals surface area contributed by atoms with Gasteiger partial charge in [0.25, 0.3) is 5.56 Å². The lowest BCUT2D eigenvalue weighted by Crippen LogP contribution is -2.34. The zero-order chi connectivity index (χ0) is 23.0. The van der Waals surface area contributed by atoms with Crippen molar-refractivity contribution in [2.75, 3.05) is 22.9 Å². The van der Waals surface area contributed by atoms with E-state index < -0.39 is 0 Å². The highest BCUT2D eigenvalue weighted by Gasteiger charge is 2.42. The number of nitrogens with zero attached hydrogens (tertiary/aromatic N) is 4. The second-order valence-electron chi connectivity index (χ2n) is 8.01. The standard InChI is InChI=1S/C25H30N4O2S/c1-6-27(7-2)20-15-13-19(14-16-20)25-28(23(30)18(4)32-25)22-17(3)26(5)29(24(22)31)21-11-9-8-10-12-21/h8-16,18,25H,6-7H2,1-5H3/t18-,25+/m1/s1. The quantitative estimate of drug-likeness (QED) is 0.555. The third-order valence-electron chi connectivity index (χ3n) is 6.22. The van der Waals surface area contributed by atoms with Crippen molar-refractivity contribution in [1.82, 2.24) is 9.36 Å². The second kappa shape index (κ2) is 8.90. The van der Waals surface area contributed by atoms with E-state index in [1.165, 1.54) is 0 Å². The first-order valence-electron chi connectivity index (χ1n) is 11.1.